The van der Waals surface area contributed by atoms with Gasteiger partial charge in [-0.15, -0.1) is 0 Å². The minimum Gasteiger partial charge on any atom is -0.328 e. The topological polar surface area (TPSA) is 79.0 Å². The monoisotopic (exact) mass is 404 g/mol. The van der Waals surface area contributed by atoms with Crippen LogP contribution in [0.4, 0.5) is 5.69 Å². The average molecular weight is 405 g/mol. The molecule has 2 atom stereocenters. The minimum absolute atomic E-state index is 0.401. The van der Waals surface area contributed by atoms with E-state index < -0.39 is 11.7 Å². The first-order chi connectivity index (χ1) is 14.5. The molecule has 2 unspecified atom stereocenters. The van der Waals surface area contributed by atoms with Crippen LogP contribution >= 0.6 is 0 Å². The zero-order valence-electron chi connectivity index (χ0n) is 17.3. The molecule has 6 heteroatoms. The van der Waals surface area contributed by atoms with Crippen LogP contribution in [0.1, 0.15) is 48.0 Å². The Morgan fingerprint density at radius 3 is 2.30 bits per heavy atom. The fourth-order valence-electron chi connectivity index (χ4n) is 4.61. The number of fused-ring (bicyclic) bond motifs is 3. The zero-order valence-corrected chi connectivity index (χ0v) is 17.3. The number of rotatable bonds is 2. The van der Waals surface area contributed by atoms with Crippen LogP contribution in [0.2, 0.25) is 0 Å². The largest absolute Gasteiger partial charge is 0.328 e. The molecule has 2 saturated heterocycles. The number of anilines is 1. The molecule has 0 saturated carbocycles. The minimum atomic E-state index is -0.617. The number of benzene rings is 2. The summed E-state index contributed by atoms with van der Waals surface area (Å²) in [5, 5.41) is 5.25. The molecule has 5 rings (SSSR count). The normalized spacial score (nSPS) is 25.8. The number of hydrogen-bond donors (Lipinski definition) is 1. The van der Waals surface area contributed by atoms with Crippen molar-refractivity contribution in [2.45, 2.75) is 50.2 Å². The van der Waals surface area contributed by atoms with Crippen molar-refractivity contribution in [3.05, 3.63) is 65.7 Å². The third-order valence-corrected chi connectivity index (χ3v) is 6.26. The second kappa shape index (κ2) is 8.90. The van der Waals surface area contributed by atoms with Crippen molar-refractivity contribution < 1.29 is 9.59 Å². The Labute approximate surface area is 177 Å². The highest BCUT2D eigenvalue weighted by Gasteiger charge is 2.35. The number of Topliss-reactive ketones (excluding diaryl/α,β-unsaturated/α-hetero) is 1. The maximum atomic E-state index is 11.8. The number of nitrogens with zero attached hydrogens (tertiary/aromatic N) is 3. The van der Waals surface area contributed by atoms with Crippen LogP contribution in [0, 0.1) is 0 Å². The summed E-state index contributed by atoms with van der Waals surface area (Å²) in [6.45, 7) is 0. The second-order valence-electron chi connectivity index (χ2n) is 8.25. The van der Waals surface area contributed by atoms with Gasteiger partial charge in [-0.2, -0.15) is 10.1 Å². The van der Waals surface area contributed by atoms with Crippen molar-refractivity contribution in [2.24, 2.45) is 10.8 Å². The number of carbonyl (C=O) groups is 2. The number of hydrogen-bond acceptors (Lipinski definition) is 5. The molecule has 2 bridgehead atoms. The van der Waals surface area contributed by atoms with E-state index in [2.05, 4.69) is 17.0 Å². The Kier molecular flexibility index (Phi) is 6.06. The van der Waals surface area contributed by atoms with Gasteiger partial charge in [0.2, 0.25) is 0 Å². The van der Waals surface area contributed by atoms with Crippen molar-refractivity contribution >= 4 is 23.6 Å². The Hall–Kier alpha value is -2.83. The van der Waals surface area contributed by atoms with Crippen LogP contribution in [-0.4, -0.2) is 48.0 Å². The van der Waals surface area contributed by atoms with Crippen LogP contribution in [0.3, 0.4) is 0 Å². The van der Waals surface area contributed by atoms with Crippen molar-refractivity contribution in [3.63, 3.8) is 0 Å². The first-order valence-electron chi connectivity index (χ1n) is 10.6. The summed E-state index contributed by atoms with van der Waals surface area (Å²) in [5.41, 5.74) is 7.76. The van der Waals surface area contributed by atoms with Gasteiger partial charge >= 0.3 is 5.91 Å². The summed E-state index contributed by atoms with van der Waals surface area (Å²) in [5.74, 6) is -1.13. The van der Waals surface area contributed by atoms with Gasteiger partial charge in [0.05, 0.1) is 17.5 Å². The van der Waals surface area contributed by atoms with E-state index in [1.807, 2.05) is 30.3 Å². The summed E-state index contributed by atoms with van der Waals surface area (Å²) in [6, 6.07) is 18.3. The Bertz CT molecular complexity index is 929. The SMILES string of the molecule is CN1C2CCCC1CC(N)C2.O=C1C(=O)N(/N=C/c2ccccc2)c2ccccc21. The molecule has 3 aliphatic heterocycles. The summed E-state index contributed by atoms with van der Waals surface area (Å²) in [4.78, 5) is 26.1. The number of ketones is 1. The van der Waals surface area contributed by atoms with Gasteiger partial charge in [0.1, 0.15) is 0 Å². The lowest BCUT2D eigenvalue weighted by molar-refractivity contribution is -0.114. The quantitative estimate of drug-likeness (QED) is 0.616. The highest BCUT2D eigenvalue weighted by atomic mass is 16.2. The van der Waals surface area contributed by atoms with E-state index in [1.165, 1.54) is 32.1 Å². The molecule has 156 valence electrons. The van der Waals surface area contributed by atoms with Gasteiger partial charge in [-0.3, -0.25) is 9.59 Å². The van der Waals surface area contributed by atoms with E-state index in [-0.39, 0.29) is 0 Å². The van der Waals surface area contributed by atoms with Crippen molar-refractivity contribution in [1.29, 1.82) is 0 Å². The van der Waals surface area contributed by atoms with Crippen molar-refractivity contribution in [2.75, 3.05) is 12.1 Å². The first kappa shape index (κ1) is 20.4. The van der Waals surface area contributed by atoms with Crippen LogP contribution in [-0.2, 0) is 4.79 Å². The molecular weight excluding hydrogens is 376 g/mol. The van der Waals surface area contributed by atoms with Gasteiger partial charge in [0, 0.05) is 18.1 Å². The molecule has 2 N–H and O–H groups in total. The number of carbonyl (C=O) groups excluding carboxylic acids is 2. The highest BCUT2D eigenvalue weighted by molar-refractivity contribution is 6.52. The molecule has 2 fully saturated rings. The van der Waals surface area contributed by atoms with Gasteiger partial charge < -0.3 is 10.6 Å². The average Bonchev–Trinajstić information content (AvgIpc) is 2.99. The van der Waals surface area contributed by atoms with Gasteiger partial charge in [0.25, 0.3) is 5.78 Å². The van der Waals surface area contributed by atoms with E-state index in [1.54, 1.807) is 30.5 Å². The van der Waals surface area contributed by atoms with E-state index in [4.69, 9.17) is 5.73 Å². The molecule has 6 nitrogen and oxygen atoms in total. The lowest BCUT2D eigenvalue weighted by Gasteiger charge is -2.46. The van der Waals surface area contributed by atoms with Crippen molar-refractivity contribution in [1.82, 2.24) is 4.90 Å². The molecule has 2 aromatic carbocycles. The van der Waals surface area contributed by atoms with E-state index >= 15 is 0 Å². The fraction of sp³-hybridized carbons (Fsp3) is 0.375. The zero-order chi connectivity index (χ0) is 21.1. The molecule has 0 radical (unpaired) electrons. The molecular formula is C24H28N4O2. The molecule has 0 aromatic heterocycles. The smallest absolute Gasteiger partial charge is 0.319 e. The van der Waals surface area contributed by atoms with Crippen LogP contribution < -0.4 is 10.7 Å². The molecule has 30 heavy (non-hydrogen) atoms. The van der Waals surface area contributed by atoms with Crippen molar-refractivity contribution in [3.8, 4) is 0 Å². The van der Waals surface area contributed by atoms with E-state index in [0.717, 1.165) is 22.7 Å². The maximum Gasteiger partial charge on any atom is 0.319 e. The number of hydrazone groups is 1. The molecule has 3 heterocycles. The molecule has 0 spiro atoms. The van der Waals surface area contributed by atoms with Crippen LogP contribution in [0.5, 0.6) is 0 Å². The highest BCUT2D eigenvalue weighted by Crippen LogP contribution is 2.31. The molecule has 0 aliphatic carbocycles. The summed E-state index contributed by atoms with van der Waals surface area (Å²) >= 11 is 0. The maximum absolute atomic E-state index is 11.8. The summed E-state index contributed by atoms with van der Waals surface area (Å²) in [6.07, 6.45) is 8.20. The van der Waals surface area contributed by atoms with Gasteiger partial charge in [0.15, 0.2) is 0 Å². The summed E-state index contributed by atoms with van der Waals surface area (Å²) in [7, 11) is 2.26. The standard InChI is InChI=1S/C15H10N2O2.C9H18N2/c18-14-12-8-4-5-9-13(12)17(15(14)19)16-10-11-6-2-1-3-7-11;1-11-8-3-2-4-9(11)6-7(10)5-8/h1-10H;7-9H,2-6,10H2,1H3/b16-10+;. The predicted molar refractivity (Wildman–Crippen MR) is 119 cm³/mol. The van der Waals surface area contributed by atoms with E-state index in [9.17, 15) is 9.59 Å². The van der Waals surface area contributed by atoms with Gasteiger partial charge in [-0.05, 0) is 50.4 Å². The lowest BCUT2D eigenvalue weighted by Crippen LogP contribution is -2.53. The van der Waals surface area contributed by atoms with E-state index in [0.29, 0.717) is 17.3 Å². The third-order valence-electron chi connectivity index (χ3n) is 6.26. The Balaban J connectivity index is 0.000000168. The first-order valence-corrected chi connectivity index (χ1v) is 10.6. The molecule has 2 aromatic rings. The fourth-order valence-corrected chi connectivity index (χ4v) is 4.61. The van der Waals surface area contributed by atoms with Crippen LogP contribution in [0.25, 0.3) is 0 Å². The Morgan fingerprint density at radius 2 is 1.60 bits per heavy atom. The third kappa shape index (κ3) is 4.20. The Morgan fingerprint density at radius 1 is 0.967 bits per heavy atom. The molecule has 3 aliphatic rings. The van der Waals surface area contributed by atoms with Crippen LogP contribution in [0.15, 0.2) is 59.7 Å². The lowest BCUT2D eigenvalue weighted by atomic mass is 9.83. The predicted octanol–water partition coefficient (Wildman–Crippen LogP) is 3.21. The number of nitrogens with two attached hydrogens (primary N) is 1. The van der Waals surface area contributed by atoms with Gasteiger partial charge in [-0.1, -0.05) is 48.9 Å². The van der Waals surface area contributed by atoms with Gasteiger partial charge in [-0.25, -0.2) is 0 Å². The summed E-state index contributed by atoms with van der Waals surface area (Å²) < 4.78 is 0. The second-order valence-corrected chi connectivity index (χ2v) is 8.25. The number of para-hydroxylation sites is 1. The number of piperidine rings is 2. The molecule has 1 amide bonds. The number of amides is 1.